The lowest BCUT2D eigenvalue weighted by Gasteiger charge is -2.38. The third kappa shape index (κ3) is 7.13. The zero-order valence-corrected chi connectivity index (χ0v) is 23.8. The molecule has 9 heteroatoms. The molecule has 0 spiro atoms. The molecule has 2 heterocycles. The Morgan fingerprint density at radius 1 is 1.05 bits per heavy atom. The van der Waals surface area contributed by atoms with Crippen molar-refractivity contribution in [3.05, 3.63) is 58.7 Å². The quantitative estimate of drug-likeness (QED) is 0.553. The molecular weight excluding hydrogens is 500 g/mol. The van der Waals surface area contributed by atoms with Gasteiger partial charge in [-0.25, -0.2) is 8.78 Å². The normalized spacial score (nSPS) is 19.3. The van der Waals surface area contributed by atoms with Crippen LogP contribution >= 0.6 is 0 Å². The van der Waals surface area contributed by atoms with Crippen LogP contribution in [0, 0.1) is 31.4 Å². The minimum Gasteiger partial charge on any atom is -0.370 e. The number of anilines is 2. The topological polar surface area (TPSA) is 59.1 Å². The van der Waals surface area contributed by atoms with Crippen molar-refractivity contribution in [2.45, 2.75) is 39.7 Å². The molecular formula is C30H41F2N5O2. The molecule has 2 aromatic carbocycles. The molecule has 0 bridgehead atoms. The van der Waals surface area contributed by atoms with Crippen LogP contribution in [0.3, 0.4) is 0 Å². The van der Waals surface area contributed by atoms with Crippen LogP contribution in [-0.2, 0) is 16.0 Å². The van der Waals surface area contributed by atoms with Crippen LogP contribution in [0.4, 0.5) is 20.2 Å². The summed E-state index contributed by atoms with van der Waals surface area (Å²) in [6.45, 7) is 11.1. The van der Waals surface area contributed by atoms with E-state index in [4.69, 9.17) is 0 Å². The number of rotatable bonds is 8. The third-order valence-electron chi connectivity index (χ3n) is 8.23. The Morgan fingerprint density at radius 3 is 2.46 bits per heavy atom. The molecule has 2 amide bonds. The van der Waals surface area contributed by atoms with Crippen molar-refractivity contribution in [3.63, 3.8) is 0 Å². The lowest BCUT2D eigenvalue weighted by Crippen LogP contribution is -2.52. The molecule has 7 nitrogen and oxygen atoms in total. The fourth-order valence-corrected chi connectivity index (χ4v) is 5.48. The molecule has 2 aromatic rings. The first-order valence-electron chi connectivity index (χ1n) is 13.8. The molecule has 2 fully saturated rings. The molecule has 0 saturated carbocycles. The summed E-state index contributed by atoms with van der Waals surface area (Å²) in [6.07, 6.45) is 1.25. The number of piperazine rings is 1. The Morgan fingerprint density at radius 2 is 1.77 bits per heavy atom. The summed E-state index contributed by atoms with van der Waals surface area (Å²) in [7, 11) is 3.56. The van der Waals surface area contributed by atoms with Gasteiger partial charge in [-0.05, 0) is 67.6 Å². The first kappa shape index (κ1) is 29.0. The molecule has 4 rings (SSSR count). The molecule has 1 N–H and O–H groups in total. The van der Waals surface area contributed by atoms with Crippen molar-refractivity contribution in [1.29, 1.82) is 0 Å². The van der Waals surface area contributed by atoms with E-state index in [-0.39, 0.29) is 24.1 Å². The van der Waals surface area contributed by atoms with Crippen molar-refractivity contribution < 1.29 is 18.4 Å². The predicted molar refractivity (Wildman–Crippen MR) is 151 cm³/mol. The van der Waals surface area contributed by atoms with E-state index >= 15 is 0 Å². The Bertz CT molecular complexity index is 1200. The van der Waals surface area contributed by atoms with Crippen LogP contribution in [-0.4, -0.2) is 92.5 Å². The minimum absolute atomic E-state index is 0.122. The van der Waals surface area contributed by atoms with E-state index < -0.39 is 11.7 Å². The molecule has 2 atom stereocenters. The Balaban J connectivity index is 1.34. The molecule has 39 heavy (non-hydrogen) atoms. The second-order valence-electron chi connectivity index (χ2n) is 11.2. The highest BCUT2D eigenvalue weighted by Crippen LogP contribution is 2.28. The summed E-state index contributed by atoms with van der Waals surface area (Å²) in [4.78, 5) is 33.4. The molecule has 2 aliphatic heterocycles. The van der Waals surface area contributed by atoms with Crippen molar-refractivity contribution in [3.8, 4) is 0 Å². The van der Waals surface area contributed by atoms with Gasteiger partial charge in [0.25, 0.3) is 0 Å². The maximum atomic E-state index is 14.6. The van der Waals surface area contributed by atoms with E-state index in [0.717, 1.165) is 62.5 Å². The maximum absolute atomic E-state index is 14.6. The lowest BCUT2D eigenvalue weighted by atomic mass is 9.94. The summed E-state index contributed by atoms with van der Waals surface area (Å²) < 4.78 is 29.0. The van der Waals surface area contributed by atoms with E-state index in [1.807, 2.05) is 19.9 Å². The van der Waals surface area contributed by atoms with Crippen molar-refractivity contribution in [2.24, 2.45) is 5.92 Å². The first-order chi connectivity index (χ1) is 18.5. The molecule has 212 valence electrons. The third-order valence-corrected chi connectivity index (χ3v) is 8.23. The number of halogens is 2. The summed E-state index contributed by atoms with van der Waals surface area (Å²) in [5, 5.41) is 2.85. The molecule has 2 unspecified atom stereocenters. The van der Waals surface area contributed by atoms with Gasteiger partial charge in [-0.3, -0.25) is 19.4 Å². The van der Waals surface area contributed by atoms with Gasteiger partial charge >= 0.3 is 0 Å². The number of benzene rings is 2. The number of amides is 2. The van der Waals surface area contributed by atoms with E-state index in [1.54, 1.807) is 32.0 Å². The maximum Gasteiger partial charge on any atom is 0.236 e. The lowest BCUT2D eigenvalue weighted by molar-refractivity contribution is -0.130. The van der Waals surface area contributed by atoms with E-state index in [9.17, 15) is 18.4 Å². The number of hydrogen-bond donors (Lipinski definition) is 1. The fraction of sp³-hybridized carbons (Fsp3) is 0.533. The van der Waals surface area contributed by atoms with Gasteiger partial charge in [-0.2, -0.15) is 0 Å². The van der Waals surface area contributed by atoms with Crippen molar-refractivity contribution >= 4 is 23.2 Å². The Kier molecular flexibility index (Phi) is 9.23. The van der Waals surface area contributed by atoms with Crippen LogP contribution in [0.1, 0.15) is 30.0 Å². The summed E-state index contributed by atoms with van der Waals surface area (Å²) in [5.74, 6) is -1.33. The predicted octanol–water partition coefficient (Wildman–Crippen LogP) is 3.68. The molecule has 2 saturated heterocycles. The molecule has 0 aliphatic carbocycles. The highest BCUT2D eigenvalue weighted by molar-refractivity contribution is 5.93. The number of carbonyl (C=O) groups excluding carboxylic acids is 2. The fourth-order valence-electron chi connectivity index (χ4n) is 5.48. The largest absolute Gasteiger partial charge is 0.370 e. The van der Waals surface area contributed by atoms with E-state index in [0.29, 0.717) is 23.8 Å². The minimum atomic E-state index is -0.477. The smallest absolute Gasteiger partial charge is 0.236 e. The molecule has 0 aromatic heterocycles. The average molecular weight is 542 g/mol. The van der Waals surface area contributed by atoms with Gasteiger partial charge in [0.1, 0.15) is 11.6 Å². The number of nitrogens with zero attached hydrogens (tertiary/aromatic N) is 4. The second kappa shape index (κ2) is 12.4. The van der Waals surface area contributed by atoms with E-state index in [2.05, 4.69) is 20.0 Å². The molecule has 0 radical (unpaired) electrons. The van der Waals surface area contributed by atoms with Crippen LogP contribution < -0.4 is 10.2 Å². The van der Waals surface area contributed by atoms with Gasteiger partial charge in [-0.1, -0.05) is 13.0 Å². The van der Waals surface area contributed by atoms with Crippen LogP contribution in [0.15, 0.2) is 30.3 Å². The second-order valence-corrected chi connectivity index (χ2v) is 11.2. The van der Waals surface area contributed by atoms with Gasteiger partial charge in [0.05, 0.1) is 6.54 Å². The van der Waals surface area contributed by atoms with Crippen molar-refractivity contribution in [2.75, 3.05) is 70.1 Å². The monoisotopic (exact) mass is 541 g/mol. The van der Waals surface area contributed by atoms with Crippen molar-refractivity contribution in [1.82, 2.24) is 14.7 Å². The summed E-state index contributed by atoms with van der Waals surface area (Å²) in [5.41, 5.74) is 3.54. The van der Waals surface area contributed by atoms with Crippen LogP contribution in [0.25, 0.3) is 0 Å². The summed E-state index contributed by atoms with van der Waals surface area (Å²) >= 11 is 0. The Hall–Kier alpha value is -3.04. The van der Waals surface area contributed by atoms with Crippen LogP contribution in [0.5, 0.6) is 0 Å². The zero-order valence-electron chi connectivity index (χ0n) is 23.8. The standard InChI is InChI=1S/C30H41F2N5O2/c1-20-6-7-28(32)27(22(20)3)14-21(2)30(39)33-24-15-23(31)16-26(17-24)37-9-8-25(18-37)36-12-10-35(11-13-36)19-29(38)34(4)5/h6-7,15-17,21,25H,8-14,18-19H2,1-5H3,(H,33,39). The number of hydrogen-bond acceptors (Lipinski definition) is 5. The Labute approximate surface area is 230 Å². The number of nitrogens with one attached hydrogen (secondary N) is 1. The highest BCUT2D eigenvalue weighted by atomic mass is 19.1. The van der Waals surface area contributed by atoms with Gasteiger partial charge < -0.3 is 15.1 Å². The van der Waals surface area contributed by atoms with Gasteiger partial charge in [0.2, 0.25) is 11.8 Å². The van der Waals surface area contributed by atoms with Crippen LogP contribution in [0.2, 0.25) is 0 Å². The summed E-state index contributed by atoms with van der Waals surface area (Å²) in [6, 6.07) is 8.21. The average Bonchev–Trinajstić information content (AvgIpc) is 3.39. The number of aryl methyl sites for hydroxylation is 1. The number of likely N-dealkylation sites (N-methyl/N-ethyl adjacent to an activating group) is 1. The number of carbonyl (C=O) groups is 2. The highest BCUT2D eigenvalue weighted by Gasteiger charge is 2.31. The van der Waals surface area contributed by atoms with Gasteiger partial charge in [-0.15, -0.1) is 0 Å². The zero-order chi connectivity index (χ0) is 28.3. The van der Waals surface area contributed by atoms with Gasteiger partial charge in [0.15, 0.2) is 0 Å². The SMILES string of the molecule is Cc1ccc(F)c(CC(C)C(=O)Nc2cc(F)cc(N3CCC(N4CCN(CC(=O)N(C)C)CC4)C3)c2)c1C. The molecule has 2 aliphatic rings. The van der Waals surface area contributed by atoms with E-state index in [1.165, 1.54) is 18.2 Å². The first-order valence-corrected chi connectivity index (χ1v) is 13.8. The van der Waals surface area contributed by atoms with Gasteiger partial charge in [0, 0.05) is 76.7 Å².